The molecule has 1 aliphatic heterocycles. The van der Waals surface area contributed by atoms with E-state index in [0.29, 0.717) is 35.4 Å². The van der Waals surface area contributed by atoms with Gasteiger partial charge in [0.25, 0.3) is 11.8 Å². The van der Waals surface area contributed by atoms with Crippen LogP contribution in [0.2, 0.25) is 0 Å². The van der Waals surface area contributed by atoms with E-state index in [9.17, 15) is 14.4 Å². The van der Waals surface area contributed by atoms with Crippen molar-refractivity contribution in [2.45, 2.75) is 38.5 Å². The van der Waals surface area contributed by atoms with Crippen LogP contribution in [0.5, 0.6) is 5.75 Å². The number of hydrogen-bond donors (Lipinski definition) is 0. The second kappa shape index (κ2) is 7.97. The lowest BCUT2D eigenvalue weighted by Crippen LogP contribution is -2.55. The Morgan fingerprint density at radius 2 is 1.44 bits per heavy atom. The van der Waals surface area contributed by atoms with Crippen LogP contribution in [0.3, 0.4) is 0 Å². The number of ether oxygens (including phenoxy) is 1. The van der Waals surface area contributed by atoms with Crippen LogP contribution in [0, 0.1) is 23.2 Å². The first-order valence-electron chi connectivity index (χ1n) is 12.4. The Labute approximate surface area is 199 Å². The number of nitrogens with zero attached hydrogens (tertiary/aromatic N) is 2. The number of carbonyl (C=O) groups excluding carboxylic acids is 3. The van der Waals surface area contributed by atoms with Crippen molar-refractivity contribution in [2.24, 2.45) is 23.2 Å². The molecule has 34 heavy (non-hydrogen) atoms. The van der Waals surface area contributed by atoms with Crippen LogP contribution in [0.4, 0.5) is 5.69 Å². The Hall–Kier alpha value is -3.15. The molecule has 7 rings (SSSR count). The fourth-order valence-electron chi connectivity index (χ4n) is 7.41. The van der Waals surface area contributed by atoms with Gasteiger partial charge in [0.05, 0.1) is 23.7 Å². The molecular formula is C28H30N2O4. The Kier molecular flexibility index (Phi) is 5.01. The number of benzene rings is 2. The lowest BCUT2D eigenvalue weighted by molar-refractivity contribution is -0.143. The molecule has 6 heteroatoms. The summed E-state index contributed by atoms with van der Waals surface area (Å²) in [5.74, 6) is 2.30. The molecule has 0 radical (unpaired) electrons. The van der Waals surface area contributed by atoms with E-state index in [0.717, 1.165) is 30.7 Å². The quantitative estimate of drug-likeness (QED) is 0.596. The van der Waals surface area contributed by atoms with Gasteiger partial charge in [-0.05, 0) is 92.7 Å². The molecule has 6 nitrogen and oxygen atoms in total. The summed E-state index contributed by atoms with van der Waals surface area (Å²) in [6.07, 6.45) is 6.71. The molecule has 2 aromatic carbocycles. The summed E-state index contributed by atoms with van der Waals surface area (Å²) in [5, 5.41) is 0. The molecule has 176 valence electrons. The van der Waals surface area contributed by atoms with Crippen molar-refractivity contribution < 1.29 is 19.1 Å². The Balaban J connectivity index is 1.28. The molecule has 4 aliphatic carbocycles. The highest BCUT2D eigenvalue weighted by Crippen LogP contribution is 2.60. The zero-order chi connectivity index (χ0) is 23.4. The highest BCUT2D eigenvalue weighted by molar-refractivity contribution is 6.21. The van der Waals surface area contributed by atoms with Crippen LogP contribution in [0.15, 0.2) is 48.5 Å². The third kappa shape index (κ3) is 3.34. The zero-order valence-electron chi connectivity index (χ0n) is 19.5. The average Bonchev–Trinajstić information content (AvgIpc) is 3.08. The Morgan fingerprint density at radius 3 is 1.94 bits per heavy atom. The van der Waals surface area contributed by atoms with Crippen LogP contribution in [-0.4, -0.2) is 42.8 Å². The van der Waals surface area contributed by atoms with Crippen LogP contribution < -0.4 is 9.64 Å². The highest BCUT2D eigenvalue weighted by Gasteiger charge is 2.55. The van der Waals surface area contributed by atoms with Gasteiger partial charge in [0, 0.05) is 18.8 Å². The molecule has 1 heterocycles. The molecule has 5 aliphatic rings. The second-order valence-electron chi connectivity index (χ2n) is 10.7. The second-order valence-corrected chi connectivity index (χ2v) is 10.7. The fourth-order valence-corrected chi connectivity index (χ4v) is 7.41. The molecule has 0 atom stereocenters. The maximum absolute atomic E-state index is 14.2. The number of amides is 3. The van der Waals surface area contributed by atoms with Gasteiger partial charge in [-0.25, -0.2) is 0 Å². The standard InChI is InChI=1S/C28H30N2O4/c1-34-22-8-6-21(7-9-22)29(10-11-30-25(31)23-4-2-3-5-24(23)26(30)32)27(33)28-15-18-12-19(16-28)14-20(13-18)17-28/h2-9,18-20H,10-17H2,1H3. The van der Waals surface area contributed by atoms with Gasteiger partial charge in [0.15, 0.2) is 0 Å². The van der Waals surface area contributed by atoms with Gasteiger partial charge in [0.2, 0.25) is 5.91 Å². The average molecular weight is 459 g/mol. The lowest BCUT2D eigenvalue weighted by Gasteiger charge is -2.56. The smallest absolute Gasteiger partial charge is 0.261 e. The highest BCUT2D eigenvalue weighted by atomic mass is 16.5. The van der Waals surface area contributed by atoms with Gasteiger partial charge >= 0.3 is 0 Å². The molecule has 4 fully saturated rings. The number of rotatable bonds is 6. The third-order valence-corrected chi connectivity index (χ3v) is 8.55. The Morgan fingerprint density at radius 1 is 0.912 bits per heavy atom. The summed E-state index contributed by atoms with van der Waals surface area (Å²) < 4.78 is 5.31. The molecule has 3 amide bonds. The summed E-state index contributed by atoms with van der Waals surface area (Å²) in [7, 11) is 1.62. The molecule has 0 unspecified atom stereocenters. The fraction of sp³-hybridized carbons (Fsp3) is 0.464. The normalized spacial score (nSPS) is 28.9. The predicted molar refractivity (Wildman–Crippen MR) is 128 cm³/mol. The maximum Gasteiger partial charge on any atom is 0.261 e. The number of anilines is 1. The molecule has 0 aromatic heterocycles. The molecule has 0 N–H and O–H groups in total. The zero-order valence-corrected chi connectivity index (χ0v) is 19.5. The summed E-state index contributed by atoms with van der Waals surface area (Å²) >= 11 is 0. The van der Waals surface area contributed by atoms with Gasteiger partial charge in [-0.2, -0.15) is 0 Å². The van der Waals surface area contributed by atoms with Crippen molar-refractivity contribution in [1.82, 2.24) is 4.90 Å². The van der Waals surface area contributed by atoms with Gasteiger partial charge in [-0.3, -0.25) is 19.3 Å². The maximum atomic E-state index is 14.2. The SMILES string of the molecule is COc1ccc(N(CCN2C(=O)c3ccccc3C2=O)C(=O)C23CC4CC(CC(C4)C2)C3)cc1. The van der Waals surface area contributed by atoms with Crippen molar-refractivity contribution in [1.29, 1.82) is 0 Å². The van der Waals surface area contributed by atoms with Crippen molar-refractivity contribution in [3.63, 3.8) is 0 Å². The van der Waals surface area contributed by atoms with Gasteiger partial charge in [0.1, 0.15) is 5.75 Å². The van der Waals surface area contributed by atoms with Crippen LogP contribution in [-0.2, 0) is 4.79 Å². The van der Waals surface area contributed by atoms with Crippen molar-refractivity contribution in [2.75, 3.05) is 25.1 Å². The van der Waals surface area contributed by atoms with E-state index in [1.54, 1.807) is 31.4 Å². The first kappa shape index (κ1) is 21.4. The summed E-state index contributed by atoms with van der Waals surface area (Å²) in [6, 6.07) is 14.4. The molecule has 0 spiro atoms. The minimum absolute atomic E-state index is 0.161. The third-order valence-electron chi connectivity index (χ3n) is 8.55. The van der Waals surface area contributed by atoms with E-state index in [1.165, 1.54) is 24.2 Å². The number of imide groups is 1. The van der Waals surface area contributed by atoms with E-state index in [1.807, 2.05) is 29.2 Å². The summed E-state index contributed by atoms with van der Waals surface area (Å²) in [6.45, 7) is 0.467. The topological polar surface area (TPSA) is 66.9 Å². The molecule has 0 saturated heterocycles. The monoisotopic (exact) mass is 458 g/mol. The van der Waals surface area contributed by atoms with Gasteiger partial charge in [-0.1, -0.05) is 12.1 Å². The number of hydrogen-bond acceptors (Lipinski definition) is 4. The van der Waals surface area contributed by atoms with Crippen molar-refractivity contribution in [3.05, 3.63) is 59.7 Å². The first-order chi connectivity index (χ1) is 16.5. The lowest BCUT2D eigenvalue weighted by atomic mass is 9.49. The number of fused-ring (bicyclic) bond motifs is 1. The van der Waals surface area contributed by atoms with E-state index < -0.39 is 0 Å². The van der Waals surface area contributed by atoms with E-state index in [4.69, 9.17) is 4.74 Å². The minimum Gasteiger partial charge on any atom is -0.497 e. The van der Waals surface area contributed by atoms with Crippen molar-refractivity contribution in [3.8, 4) is 5.75 Å². The van der Waals surface area contributed by atoms with Crippen molar-refractivity contribution >= 4 is 23.4 Å². The van der Waals surface area contributed by atoms with Gasteiger partial charge < -0.3 is 9.64 Å². The van der Waals surface area contributed by atoms with E-state index >= 15 is 0 Å². The number of methoxy groups -OCH3 is 1. The molecule has 4 bridgehead atoms. The Bertz CT molecular complexity index is 1080. The van der Waals surface area contributed by atoms with Crippen LogP contribution >= 0.6 is 0 Å². The van der Waals surface area contributed by atoms with Gasteiger partial charge in [-0.15, -0.1) is 0 Å². The van der Waals surface area contributed by atoms with Crippen LogP contribution in [0.1, 0.15) is 59.2 Å². The largest absolute Gasteiger partial charge is 0.497 e. The number of carbonyl (C=O) groups is 3. The minimum atomic E-state index is -0.309. The van der Waals surface area contributed by atoms with E-state index in [-0.39, 0.29) is 29.7 Å². The predicted octanol–water partition coefficient (Wildman–Crippen LogP) is 4.54. The summed E-state index contributed by atoms with van der Waals surface area (Å²) in [4.78, 5) is 43.2. The summed E-state index contributed by atoms with van der Waals surface area (Å²) in [5.41, 5.74) is 1.36. The van der Waals surface area contributed by atoms with Crippen LogP contribution in [0.25, 0.3) is 0 Å². The van der Waals surface area contributed by atoms with E-state index in [2.05, 4.69) is 0 Å². The molecule has 2 aromatic rings. The molecule has 4 saturated carbocycles. The first-order valence-corrected chi connectivity index (χ1v) is 12.4. The molecular weight excluding hydrogens is 428 g/mol.